The van der Waals surface area contributed by atoms with Crippen molar-refractivity contribution >= 4 is 30.4 Å². The molecule has 0 bridgehead atoms. The van der Waals surface area contributed by atoms with Gasteiger partial charge < -0.3 is 10.7 Å². The highest BCUT2D eigenvalue weighted by Gasteiger charge is 2.30. The number of carbonyl (C=O) groups is 1. The van der Waals surface area contributed by atoms with Crippen LogP contribution in [0.15, 0.2) is 101 Å². The lowest BCUT2D eigenvalue weighted by molar-refractivity contribution is -0.137. The van der Waals surface area contributed by atoms with Crippen molar-refractivity contribution in [2.75, 3.05) is 0 Å². The van der Waals surface area contributed by atoms with Crippen molar-refractivity contribution in [1.29, 1.82) is 5.41 Å². The first-order valence-corrected chi connectivity index (χ1v) is 11.1. The van der Waals surface area contributed by atoms with Crippen LogP contribution in [0.1, 0.15) is 30.0 Å². The van der Waals surface area contributed by atoms with E-state index in [4.69, 9.17) is 5.41 Å². The van der Waals surface area contributed by atoms with Gasteiger partial charge >= 0.3 is 6.18 Å². The molecule has 2 N–H and O–H groups in total. The lowest BCUT2D eigenvalue weighted by Crippen LogP contribution is -2.15. The summed E-state index contributed by atoms with van der Waals surface area (Å²) in [4.78, 5) is 19.7. The first kappa shape index (κ1) is 26.3. The van der Waals surface area contributed by atoms with Crippen molar-refractivity contribution in [3.63, 3.8) is 0 Å². The Kier molecular flexibility index (Phi) is 9.05. The number of aldehydes is 1. The number of alkyl halides is 3. The number of aromatic nitrogens is 1. The largest absolute Gasteiger partial charge is 0.416 e. The molecule has 3 rings (SSSR count). The van der Waals surface area contributed by atoms with Crippen LogP contribution in [0.2, 0.25) is 0 Å². The molecular formula is C28H25F3N4O. The molecule has 0 saturated carbocycles. The highest BCUT2D eigenvalue weighted by molar-refractivity contribution is 5.87. The molecule has 2 heterocycles. The van der Waals surface area contributed by atoms with Crippen molar-refractivity contribution in [2.24, 2.45) is 10.9 Å². The number of pyridine rings is 1. The van der Waals surface area contributed by atoms with Gasteiger partial charge in [0.1, 0.15) is 6.29 Å². The molecule has 5 nitrogen and oxygen atoms in total. The quantitative estimate of drug-likeness (QED) is 0.185. The summed E-state index contributed by atoms with van der Waals surface area (Å²) in [7, 11) is 0. The Hall–Kier alpha value is -4.33. The molecule has 1 unspecified atom stereocenters. The second-order valence-electron chi connectivity index (χ2n) is 7.99. The van der Waals surface area contributed by atoms with E-state index in [0.29, 0.717) is 35.1 Å². The monoisotopic (exact) mass is 490 g/mol. The van der Waals surface area contributed by atoms with Gasteiger partial charge in [0.15, 0.2) is 0 Å². The molecule has 36 heavy (non-hydrogen) atoms. The van der Waals surface area contributed by atoms with Gasteiger partial charge in [-0.2, -0.15) is 13.2 Å². The van der Waals surface area contributed by atoms with Gasteiger partial charge in [0.25, 0.3) is 0 Å². The van der Waals surface area contributed by atoms with E-state index >= 15 is 0 Å². The maximum Gasteiger partial charge on any atom is 0.416 e. The molecule has 1 aromatic heterocycles. The Balaban J connectivity index is 1.72. The number of aliphatic imine (C=N–C) groups is 1. The van der Waals surface area contributed by atoms with Crippen LogP contribution in [0, 0.1) is 11.3 Å². The number of hydrogen-bond donors (Lipinski definition) is 2. The van der Waals surface area contributed by atoms with Gasteiger partial charge in [0.05, 0.1) is 5.56 Å². The van der Waals surface area contributed by atoms with Gasteiger partial charge in [-0.25, -0.2) is 0 Å². The van der Waals surface area contributed by atoms with E-state index in [1.165, 1.54) is 18.4 Å². The molecule has 0 spiro atoms. The molecule has 1 aromatic carbocycles. The van der Waals surface area contributed by atoms with E-state index in [2.05, 4.69) is 15.3 Å². The normalized spacial score (nSPS) is 17.2. The molecule has 0 saturated heterocycles. The maximum atomic E-state index is 12.9. The van der Waals surface area contributed by atoms with Crippen LogP contribution >= 0.6 is 0 Å². The van der Waals surface area contributed by atoms with Crippen molar-refractivity contribution in [3.8, 4) is 0 Å². The van der Waals surface area contributed by atoms with Crippen molar-refractivity contribution < 1.29 is 18.0 Å². The number of allylic oxidation sites excluding steroid dienone is 6. The van der Waals surface area contributed by atoms with Gasteiger partial charge in [0.2, 0.25) is 0 Å². The average Bonchev–Trinajstić information content (AvgIpc) is 2.88. The highest BCUT2D eigenvalue weighted by Crippen LogP contribution is 2.30. The molecular weight excluding hydrogens is 465 g/mol. The summed E-state index contributed by atoms with van der Waals surface area (Å²) in [5.41, 5.74) is 3.49. The van der Waals surface area contributed by atoms with E-state index in [9.17, 15) is 18.0 Å². The summed E-state index contributed by atoms with van der Waals surface area (Å²) >= 11 is 0. The van der Waals surface area contributed by atoms with Crippen molar-refractivity contribution in [1.82, 2.24) is 10.3 Å². The summed E-state index contributed by atoms with van der Waals surface area (Å²) < 4.78 is 38.7. The minimum absolute atomic E-state index is 0.141. The number of rotatable bonds is 9. The predicted molar refractivity (Wildman–Crippen MR) is 137 cm³/mol. The first-order chi connectivity index (χ1) is 17.3. The molecule has 0 aliphatic carbocycles. The molecule has 184 valence electrons. The Morgan fingerprint density at radius 2 is 2.03 bits per heavy atom. The molecule has 1 aliphatic heterocycles. The maximum absolute atomic E-state index is 12.9. The zero-order chi connectivity index (χ0) is 26.0. The molecule has 8 heteroatoms. The van der Waals surface area contributed by atoms with Crippen LogP contribution in [0.3, 0.4) is 0 Å². The predicted octanol–water partition coefficient (Wildman–Crippen LogP) is 6.40. The summed E-state index contributed by atoms with van der Waals surface area (Å²) in [5.74, 6) is -0.141. The third kappa shape index (κ3) is 7.33. The van der Waals surface area contributed by atoms with Gasteiger partial charge in [0, 0.05) is 54.9 Å². The average molecular weight is 491 g/mol. The molecule has 0 amide bonds. The number of hydrogen-bond acceptors (Lipinski definition) is 5. The minimum Gasteiger partial charge on any atom is -0.361 e. The van der Waals surface area contributed by atoms with E-state index < -0.39 is 11.7 Å². The zero-order valence-corrected chi connectivity index (χ0v) is 19.5. The zero-order valence-electron chi connectivity index (χ0n) is 19.5. The molecule has 0 fully saturated rings. The highest BCUT2D eigenvalue weighted by atomic mass is 19.4. The summed E-state index contributed by atoms with van der Waals surface area (Å²) in [5, 5.41) is 10.9. The second kappa shape index (κ2) is 12.4. The fourth-order valence-electron chi connectivity index (χ4n) is 3.52. The lowest BCUT2D eigenvalue weighted by Gasteiger charge is -2.19. The van der Waals surface area contributed by atoms with Gasteiger partial charge in [-0.3, -0.25) is 14.8 Å². The number of halogens is 3. The lowest BCUT2D eigenvalue weighted by atomic mass is 9.90. The van der Waals surface area contributed by atoms with Crippen LogP contribution in [0.5, 0.6) is 0 Å². The SMILES string of the molecule is CC(=C/C=C/c1cccc(C(F)(F)F)c1)/C(=C\C=O)N/C=C(\C=N)C1C=NC=C(c2cccnc2)C1. The van der Waals surface area contributed by atoms with Crippen LogP contribution < -0.4 is 5.32 Å². The van der Waals surface area contributed by atoms with Crippen LogP contribution in [-0.2, 0) is 11.0 Å². The standard InChI is InChI=1S/C28H25F3N4O/c1-20(5-2-6-21-7-3-9-26(13-21)28(29,30)31)27(10-12-36)35-19-25(15-32)24-14-23(17-34-18-24)22-8-4-11-33-16-22/h2-13,15-19,24,32,35H,14H2,1H3/b6-2+,20-5-,25-19+,27-10+,32-15?. The summed E-state index contributed by atoms with van der Waals surface area (Å²) in [6.07, 6.45) is 13.0. The van der Waals surface area contributed by atoms with Gasteiger partial charge in [-0.15, -0.1) is 0 Å². The fourth-order valence-corrected chi connectivity index (χ4v) is 3.52. The third-order valence-corrected chi connectivity index (χ3v) is 5.47. The van der Waals surface area contributed by atoms with Crippen LogP contribution in [0.25, 0.3) is 11.6 Å². The number of benzene rings is 1. The molecule has 1 atom stereocenters. The van der Waals surface area contributed by atoms with Crippen LogP contribution in [-0.4, -0.2) is 23.7 Å². The molecule has 0 radical (unpaired) electrons. The molecule has 1 aliphatic rings. The van der Waals surface area contributed by atoms with E-state index in [0.717, 1.165) is 23.3 Å². The Labute approximate surface area is 207 Å². The number of nitrogens with zero attached hydrogens (tertiary/aromatic N) is 2. The van der Waals surface area contributed by atoms with E-state index in [1.54, 1.807) is 62.2 Å². The Morgan fingerprint density at radius 3 is 2.72 bits per heavy atom. The van der Waals surface area contributed by atoms with Gasteiger partial charge in [-0.1, -0.05) is 36.4 Å². The summed E-state index contributed by atoms with van der Waals surface area (Å²) in [6, 6.07) is 8.83. The number of carbonyl (C=O) groups excluding carboxylic acids is 1. The molecule has 2 aromatic rings. The smallest absolute Gasteiger partial charge is 0.361 e. The van der Waals surface area contributed by atoms with Gasteiger partial charge in [-0.05, 0) is 59.4 Å². The number of nitrogens with one attached hydrogen (secondary N) is 2. The summed E-state index contributed by atoms with van der Waals surface area (Å²) in [6.45, 7) is 1.77. The van der Waals surface area contributed by atoms with Crippen molar-refractivity contribution in [3.05, 3.63) is 113 Å². The fraction of sp³-hybridized carbons (Fsp3) is 0.143. The van der Waals surface area contributed by atoms with E-state index in [-0.39, 0.29) is 5.92 Å². The first-order valence-electron chi connectivity index (χ1n) is 11.1. The topological polar surface area (TPSA) is 78.2 Å². The Bertz CT molecular complexity index is 1270. The Morgan fingerprint density at radius 1 is 1.19 bits per heavy atom. The van der Waals surface area contributed by atoms with Crippen LogP contribution in [0.4, 0.5) is 13.2 Å². The van der Waals surface area contributed by atoms with E-state index in [1.807, 2.05) is 12.1 Å². The minimum atomic E-state index is -4.41. The second-order valence-corrected chi connectivity index (χ2v) is 7.99. The third-order valence-electron chi connectivity index (χ3n) is 5.47. The van der Waals surface area contributed by atoms with Crippen molar-refractivity contribution in [2.45, 2.75) is 19.5 Å².